The fourth-order valence-corrected chi connectivity index (χ4v) is 1.77. The van der Waals surface area contributed by atoms with Crippen LogP contribution in [0.2, 0.25) is 0 Å². The smallest absolute Gasteiger partial charge is 0.328 e. The predicted octanol–water partition coefficient (Wildman–Crippen LogP) is -0.874. The minimum atomic E-state index is -0.445. The van der Waals surface area contributed by atoms with Gasteiger partial charge in [0, 0.05) is 13.1 Å². The number of esters is 1. The van der Waals surface area contributed by atoms with Gasteiger partial charge in [0.25, 0.3) is 0 Å². The van der Waals surface area contributed by atoms with Gasteiger partial charge in [-0.2, -0.15) is 0 Å². The van der Waals surface area contributed by atoms with Gasteiger partial charge in [-0.3, -0.25) is 4.79 Å². The Morgan fingerprint density at radius 1 is 1.50 bits per heavy atom. The molecule has 1 heterocycles. The minimum absolute atomic E-state index is 0.0231. The van der Waals surface area contributed by atoms with Gasteiger partial charge in [-0.25, -0.2) is 4.79 Å². The molecular formula is C10H18N2O4. The first-order valence-corrected chi connectivity index (χ1v) is 5.35. The molecule has 0 aromatic rings. The van der Waals surface area contributed by atoms with E-state index in [2.05, 4.69) is 4.74 Å². The monoisotopic (exact) mass is 230 g/mol. The van der Waals surface area contributed by atoms with Crippen molar-refractivity contribution in [1.29, 1.82) is 0 Å². The standard InChI is InChI=1S/C10H18N2O4/c1-15-10(14)8-3-2-5-12(8)9(13)7-16-6-4-11/h8H,2-7,11H2,1H3. The highest BCUT2D eigenvalue weighted by molar-refractivity contribution is 5.85. The lowest BCUT2D eigenvalue weighted by atomic mass is 10.2. The SMILES string of the molecule is COC(=O)C1CCCN1C(=O)COCCN. The quantitative estimate of drug-likeness (QED) is 0.490. The molecule has 0 aromatic carbocycles. The molecule has 1 unspecified atom stereocenters. The Labute approximate surface area is 94.7 Å². The summed E-state index contributed by atoms with van der Waals surface area (Å²) in [5.74, 6) is -0.536. The molecule has 1 aliphatic heterocycles. The van der Waals surface area contributed by atoms with Crippen LogP contribution < -0.4 is 5.73 Å². The Morgan fingerprint density at radius 3 is 2.88 bits per heavy atom. The van der Waals surface area contributed by atoms with Crippen molar-refractivity contribution in [3.63, 3.8) is 0 Å². The van der Waals surface area contributed by atoms with Crippen molar-refractivity contribution in [2.75, 3.05) is 33.4 Å². The lowest BCUT2D eigenvalue weighted by Crippen LogP contribution is -2.43. The van der Waals surface area contributed by atoms with E-state index in [1.165, 1.54) is 12.0 Å². The van der Waals surface area contributed by atoms with Gasteiger partial charge in [-0.1, -0.05) is 0 Å². The van der Waals surface area contributed by atoms with Crippen molar-refractivity contribution in [3.05, 3.63) is 0 Å². The molecule has 1 saturated heterocycles. The number of nitrogens with zero attached hydrogens (tertiary/aromatic N) is 1. The summed E-state index contributed by atoms with van der Waals surface area (Å²) in [4.78, 5) is 24.6. The number of rotatable bonds is 5. The number of hydrogen-bond acceptors (Lipinski definition) is 5. The van der Waals surface area contributed by atoms with Crippen LogP contribution in [0.3, 0.4) is 0 Å². The number of likely N-dealkylation sites (tertiary alicyclic amines) is 1. The third-order valence-electron chi connectivity index (χ3n) is 2.53. The Hall–Kier alpha value is -1.14. The van der Waals surface area contributed by atoms with E-state index in [4.69, 9.17) is 10.5 Å². The van der Waals surface area contributed by atoms with E-state index in [0.29, 0.717) is 26.1 Å². The Morgan fingerprint density at radius 2 is 2.25 bits per heavy atom. The van der Waals surface area contributed by atoms with Crippen molar-refractivity contribution in [2.45, 2.75) is 18.9 Å². The molecule has 6 heteroatoms. The fourth-order valence-electron chi connectivity index (χ4n) is 1.77. The van der Waals surface area contributed by atoms with Gasteiger partial charge in [0.1, 0.15) is 12.6 Å². The van der Waals surface area contributed by atoms with Gasteiger partial charge < -0.3 is 20.1 Å². The summed E-state index contributed by atoms with van der Waals surface area (Å²) in [5, 5.41) is 0. The second-order valence-corrected chi connectivity index (χ2v) is 3.61. The molecule has 0 aliphatic carbocycles. The van der Waals surface area contributed by atoms with Crippen LogP contribution in [0.5, 0.6) is 0 Å². The van der Waals surface area contributed by atoms with E-state index < -0.39 is 6.04 Å². The molecule has 1 amide bonds. The van der Waals surface area contributed by atoms with Crippen LogP contribution in [0.4, 0.5) is 0 Å². The van der Waals surface area contributed by atoms with Crippen LogP contribution in [0.15, 0.2) is 0 Å². The summed E-state index contributed by atoms with van der Waals surface area (Å²) in [6.45, 7) is 1.30. The minimum Gasteiger partial charge on any atom is -0.467 e. The van der Waals surface area contributed by atoms with Gasteiger partial charge >= 0.3 is 5.97 Å². The third kappa shape index (κ3) is 3.18. The van der Waals surface area contributed by atoms with Crippen LogP contribution in [0.25, 0.3) is 0 Å². The Bertz CT molecular complexity index is 257. The summed E-state index contributed by atoms with van der Waals surface area (Å²) < 4.78 is 9.70. The number of carbonyl (C=O) groups excluding carboxylic acids is 2. The van der Waals surface area contributed by atoms with E-state index in [9.17, 15) is 9.59 Å². The van der Waals surface area contributed by atoms with Gasteiger partial charge in [-0.15, -0.1) is 0 Å². The van der Waals surface area contributed by atoms with Crippen molar-refractivity contribution in [3.8, 4) is 0 Å². The number of methoxy groups -OCH3 is 1. The molecule has 2 N–H and O–H groups in total. The normalized spacial score (nSPS) is 19.9. The molecule has 1 atom stereocenters. The first-order valence-electron chi connectivity index (χ1n) is 5.35. The van der Waals surface area contributed by atoms with Gasteiger partial charge in [0.15, 0.2) is 0 Å². The summed E-state index contributed by atoms with van der Waals surface area (Å²) in [7, 11) is 1.33. The average Bonchev–Trinajstić information content (AvgIpc) is 2.77. The van der Waals surface area contributed by atoms with Crippen LogP contribution in [0.1, 0.15) is 12.8 Å². The van der Waals surface area contributed by atoms with E-state index in [0.717, 1.165) is 6.42 Å². The van der Waals surface area contributed by atoms with Crippen molar-refractivity contribution in [1.82, 2.24) is 4.90 Å². The summed E-state index contributed by atoms with van der Waals surface area (Å²) in [6.07, 6.45) is 1.48. The molecule has 0 bridgehead atoms. The largest absolute Gasteiger partial charge is 0.467 e. The van der Waals surface area contributed by atoms with Gasteiger partial charge in [0.2, 0.25) is 5.91 Å². The lowest BCUT2D eigenvalue weighted by Gasteiger charge is -2.22. The molecule has 1 fully saturated rings. The van der Waals surface area contributed by atoms with Crippen molar-refractivity contribution < 1.29 is 19.1 Å². The molecule has 16 heavy (non-hydrogen) atoms. The first kappa shape index (κ1) is 12.9. The molecule has 0 spiro atoms. The van der Waals surface area contributed by atoms with E-state index in [1.54, 1.807) is 0 Å². The molecule has 1 aliphatic rings. The molecule has 1 rings (SSSR count). The number of amides is 1. The fraction of sp³-hybridized carbons (Fsp3) is 0.800. The van der Waals surface area contributed by atoms with Crippen LogP contribution in [-0.2, 0) is 19.1 Å². The summed E-state index contributed by atoms with van der Waals surface area (Å²) in [5.41, 5.74) is 5.24. The number of nitrogens with two attached hydrogens (primary N) is 1. The van der Waals surface area contributed by atoms with Crippen molar-refractivity contribution in [2.24, 2.45) is 5.73 Å². The molecule has 6 nitrogen and oxygen atoms in total. The molecule has 0 saturated carbocycles. The highest BCUT2D eigenvalue weighted by atomic mass is 16.5. The second kappa shape index (κ2) is 6.44. The van der Waals surface area contributed by atoms with E-state index >= 15 is 0 Å². The zero-order chi connectivity index (χ0) is 12.0. The predicted molar refractivity (Wildman–Crippen MR) is 56.6 cm³/mol. The molecule has 0 aromatic heterocycles. The van der Waals surface area contributed by atoms with Gasteiger partial charge in [-0.05, 0) is 12.8 Å². The Kier molecular flexibility index (Phi) is 5.21. The van der Waals surface area contributed by atoms with Crippen LogP contribution >= 0.6 is 0 Å². The molecule has 92 valence electrons. The maximum Gasteiger partial charge on any atom is 0.328 e. The first-order chi connectivity index (χ1) is 7.70. The summed E-state index contributed by atoms with van der Waals surface area (Å²) in [6, 6.07) is -0.445. The van der Waals surface area contributed by atoms with E-state index in [1.807, 2.05) is 0 Å². The third-order valence-corrected chi connectivity index (χ3v) is 2.53. The second-order valence-electron chi connectivity index (χ2n) is 3.61. The zero-order valence-corrected chi connectivity index (χ0v) is 9.48. The Balaban J connectivity index is 2.44. The summed E-state index contributed by atoms with van der Waals surface area (Å²) >= 11 is 0. The topological polar surface area (TPSA) is 81.9 Å². The molecular weight excluding hydrogens is 212 g/mol. The zero-order valence-electron chi connectivity index (χ0n) is 9.48. The van der Waals surface area contributed by atoms with Crippen molar-refractivity contribution >= 4 is 11.9 Å². The lowest BCUT2D eigenvalue weighted by molar-refractivity contribution is -0.152. The van der Waals surface area contributed by atoms with Crippen LogP contribution in [0, 0.1) is 0 Å². The highest BCUT2D eigenvalue weighted by Gasteiger charge is 2.34. The van der Waals surface area contributed by atoms with Crippen LogP contribution in [-0.4, -0.2) is 56.2 Å². The number of hydrogen-bond donors (Lipinski definition) is 1. The van der Waals surface area contributed by atoms with Gasteiger partial charge in [0.05, 0.1) is 13.7 Å². The van der Waals surface area contributed by atoms with E-state index in [-0.39, 0.29) is 18.5 Å². The highest BCUT2D eigenvalue weighted by Crippen LogP contribution is 2.18. The maximum atomic E-state index is 11.7. The average molecular weight is 230 g/mol. The molecule has 0 radical (unpaired) electrons. The number of ether oxygens (including phenoxy) is 2. The maximum absolute atomic E-state index is 11.7. The number of carbonyl (C=O) groups is 2.